The fourth-order valence-electron chi connectivity index (χ4n) is 1.43. The van der Waals surface area contributed by atoms with Crippen LogP contribution in [0.2, 0.25) is 0 Å². The molecule has 0 aliphatic heterocycles. The average Bonchev–Trinajstić information content (AvgIpc) is 2.00. The monoisotopic (exact) mass is 204 g/mol. The van der Waals surface area contributed by atoms with Crippen LogP contribution in [0.5, 0.6) is 0 Å². The van der Waals surface area contributed by atoms with Gasteiger partial charge in [0.1, 0.15) is 0 Å². The van der Waals surface area contributed by atoms with Crippen LogP contribution in [0.1, 0.15) is 27.2 Å². The molecule has 0 aromatic rings. The van der Waals surface area contributed by atoms with Crippen LogP contribution in [0.15, 0.2) is 23.3 Å². The minimum Gasteiger partial charge on any atom is -0.114 e. The maximum absolute atomic E-state index is 6.36. The Kier molecular flexibility index (Phi) is 2.60. The van der Waals surface area contributed by atoms with Crippen molar-refractivity contribution in [3.63, 3.8) is 0 Å². The van der Waals surface area contributed by atoms with Gasteiger partial charge in [0.2, 0.25) is 0 Å². The first kappa shape index (κ1) is 10.1. The summed E-state index contributed by atoms with van der Waals surface area (Å²) in [5, 5.41) is 0.852. The molecule has 0 radical (unpaired) electrons. The molecule has 1 aliphatic rings. The van der Waals surface area contributed by atoms with E-state index < -0.39 is 0 Å². The lowest BCUT2D eigenvalue weighted by atomic mass is 9.72. The van der Waals surface area contributed by atoms with Gasteiger partial charge in [-0.15, -0.1) is 11.6 Å². The van der Waals surface area contributed by atoms with E-state index >= 15 is 0 Å². The third-order valence-corrected chi connectivity index (χ3v) is 4.05. The second-order valence-electron chi connectivity index (χ2n) is 3.63. The molecule has 1 aliphatic carbocycles. The third kappa shape index (κ3) is 1.31. The van der Waals surface area contributed by atoms with Crippen molar-refractivity contribution >= 4 is 23.2 Å². The molecular formula is C10H14Cl2. The molecule has 2 heteroatoms. The second kappa shape index (κ2) is 3.08. The topological polar surface area (TPSA) is 0 Å². The SMILES string of the molecule is CCC1(C)C(Cl)=CC=CC1(C)Cl. The van der Waals surface area contributed by atoms with E-state index in [2.05, 4.69) is 13.8 Å². The lowest BCUT2D eigenvalue weighted by Crippen LogP contribution is -2.38. The van der Waals surface area contributed by atoms with Crippen LogP contribution in [0.4, 0.5) is 0 Å². The maximum Gasteiger partial charge on any atom is 0.0703 e. The quantitative estimate of drug-likeness (QED) is 0.565. The van der Waals surface area contributed by atoms with Crippen LogP contribution in [-0.2, 0) is 0 Å². The average molecular weight is 205 g/mol. The van der Waals surface area contributed by atoms with E-state index in [-0.39, 0.29) is 10.3 Å². The second-order valence-corrected chi connectivity index (χ2v) is 4.83. The first-order chi connectivity index (χ1) is 5.44. The first-order valence-corrected chi connectivity index (χ1v) is 4.94. The Labute approximate surface area is 84.2 Å². The molecule has 68 valence electrons. The predicted molar refractivity (Wildman–Crippen MR) is 55.7 cm³/mol. The van der Waals surface area contributed by atoms with Gasteiger partial charge in [-0.2, -0.15) is 0 Å². The summed E-state index contributed by atoms with van der Waals surface area (Å²) in [6.07, 6.45) is 6.80. The molecule has 0 amide bonds. The number of halogens is 2. The summed E-state index contributed by atoms with van der Waals surface area (Å²) in [7, 11) is 0. The first-order valence-electron chi connectivity index (χ1n) is 4.18. The Morgan fingerprint density at radius 2 is 2.00 bits per heavy atom. The van der Waals surface area contributed by atoms with Crippen LogP contribution < -0.4 is 0 Å². The van der Waals surface area contributed by atoms with Gasteiger partial charge in [-0.3, -0.25) is 0 Å². The van der Waals surface area contributed by atoms with E-state index in [4.69, 9.17) is 23.2 Å². The van der Waals surface area contributed by atoms with Crippen LogP contribution in [0, 0.1) is 5.41 Å². The highest BCUT2D eigenvalue weighted by Gasteiger charge is 2.43. The summed E-state index contributed by atoms with van der Waals surface area (Å²) in [6.45, 7) is 6.21. The van der Waals surface area contributed by atoms with Crippen molar-refractivity contribution in [2.45, 2.75) is 32.1 Å². The van der Waals surface area contributed by atoms with E-state index in [0.717, 1.165) is 11.5 Å². The number of rotatable bonds is 1. The summed E-state index contributed by atoms with van der Waals surface area (Å²) < 4.78 is 0. The number of allylic oxidation sites excluding steroid dienone is 4. The Morgan fingerprint density at radius 1 is 1.42 bits per heavy atom. The van der Waals surface area contributed by atoms with Gasteiger partial charge in [0.15, 0.2) is 0 Å². The summed E-state index contributed by atoms with van der Waals surface area (Å²) in [6, 6.07) is 0. The lowest BCUT2D eigenvalue weighted by Gasteiger charge is -2.41. The predicted octanol–water partition coefficient (Wildman–Crippen LogP) is 4.09. The zero-order valence-electron chi connectivity index (χ0n) is 7.70. The molecule has 2 unspecified atom stereocenters. The summed E-state index contributed by atoms with van der Waals surface area (Å²) >= 11 is 12.5. The molecule has 0 aromatic heterocycles. The minimum absolute atomic E-state index is 0.120. The molecule has 0 spiro atoms. The Morgan fingerprint density at radius 3 is 2.33 bits per heavy atom. The summed E-state index contributed by atoms with van der Waals surface area (Å²) in [5.41, 5.74) is -0.120. The molecular weight excluding hydrogens is 191 g/mol. The highest BCUT2D eigenvalue weighted by atomic mass is 35.5. The fourth-order valence-corrected chi connectivity index (χ4v) is 2.19. The highest BCUT2D eigenvalue weighted by Crippen LogP contribution is 2.49. The Bertz CT molecular complexity index is 238. The molecule has 0 saturated heterocycles. The van der Waals surface area contributed by atoms with E-state index in [9.17, 15) is 0 Å². The molecule has 0 aromatic carbocycles. The molecule has 0 fully saturated rings. The van der Waals surface area contributed by atoms with Gasteiger partial charge in [0.25, 0.3) is 0 Å². The number of hydrogen-bond acceptors (Lipinski definition) is 0. The Balaban J connectivity index is 3.11. The molecule has 2 atom stereocenters. The van der Waals surface area contributed by atoms with Crippen molar-refractivity contribution in [3.05, 3.63) is 23.3 Å². The molecule has 0 saturated carbocycles. The van der Waals surface area contributed by atoms with Crippen molar-refractivity contribution < 1.29 is 0 Å². The van der Waals surface area contributed by atoms with Crippen LogP contribution >= 0.6 is 23.2 Å². The normalized spacial score (nSPS) is 41.2. The summed E-state index contributed by atoms with van der Waals surface area (Å²) in [5.74, 6) is 0. The van der Waals surface area contributed by atoms with E-state index in [0.29, 0.717) is 0 Å². The van der Waals surface area contributed by atoms with Gasteiger partial charge in [-0.1, -0.05) is 37.6 Å². The van der Waals surface area contributed by atoms with E-state index in [1.165, 1.54) is 0 Å². The molecule has 0 bridgehead atoms. The lowest BCUT2D eigenvalue weighted by molar-refractivity contribution is 0.329. The molecule has 0 N–H and O–H groups in total. The van der Waals surface area contributed by atoms with Gasteiger partial charge in [-0.05, 0) is 19.4 Å². The molecule has 1 rings (SSSR count). The van der Waals surface area contributed by atoms with Crippen molar-refractivity contribution in [1.82, 2.24) is 0 Å². The summed E-state index contributed by atoms with van der Waals surface area (Å²) in [4.78, 5) is -0.354. The van der Waals surface area contributed by atoms with Crippen LogP contribution in [-0.4, -0.2) is 4.87 Å². The Hall–Kier alpha value is 0.0600. The third-order valence-electron chi connectivity index (χ3n) is 2.96. The van der Waals surface area contributed by atoms with Gasteiger partial charge in [0, 0.05) is 10.4 Å². The zero-order chi connectivity index (χ0) is 9.41. The maximum atomic E-state index is 6.36. The zero-order valence-corrected chi connectivity index (χ0v) is 9.21. The van der Waals surface area contributed by atoms with Gasteiger partial charge in [0.05, 0.1) is 4.87 Å². The van der Waals surface area contributed by atoms with Crippen molar-refractivity contribution in [2.75, 3.05) is 0 Å². The van der Waals surface area contributed by atoms with Crippen LogP contribution in [0.3, 0.4) is 0 Å². The molecule has 0 nitrogen and oxygen atoms in total. The van der Waals surface area contributed by atoms with Gasteiger partial charge < -0.3 is 0 Å². The van der Waals surface area contributed by atoms with Gasteiger partial charge >= 0.3 is 0 Å². The molecule has 12 heavy (non-hydrogen) atoms. The van der Waals surface area contributed by atoms with E-state index in [1.54, 1.807) is 0 Å². The largest absolute Gasteiger partial charge is 0.114 e. The standard InChI is InChI=1S/C10H14Cl2/c1-4-9(2)8(11)6-5-7-10(9,3)12/h5-7H,4H2,1-3H3. The number of alkyl halides is 1. The van der Waals surface area contributed by atoms with E-state index in [1.807, 2.05) is 25.2 Å². The highest BCUT2D eigenvalue weighted by molar-refractivity contribution is 6.33. The molecule has 0 heterocycles. The van der Waals surface area contributed by atoms with Gasteiger partial charge in [-0.25, -0.2) is 0 Å². The van der Waals surface area contributed by atoms with Crippen molar-refractivity contribution in [1.29, 1.82) is 0 Å². The fraction of sp³-hybridized carbons (Fsp3) is 0.600. The minimum atomic E-state index is -0.354. The van der Waals surface area contributed by atoms with Crippen molar-refractivity contribution in [3.8, 4) is 0 Å². The number of hydrogen-bond donors (Lipinski definition) is 0. The van der Waals surface area contributed by atoms with Crippen LogP contribution in [0.25, 0.3) is 0 Å². The van der Waals surface area contributed by atoms with Crippen molar-refractivity contribution in [2.24, 2.45) is 5.41 Å². The smallest absolute Gasteiger partial charge is 0.0703 e.